The van der Waals surface area contributed by atoms with E-state index in [0.717, 1.165) is 24.5 Å². The minimum Gasteiger partial charge on any atom is -0.349 e. The topological polar surface area (TPSA) is 54.0 Å². The number of nitrogens with one attached hydrogen (secondary N) is 2. The summed E-state index contributed by atoms with van der Waals surface area (Å²) in [6, 6.07) is 0. The maximum Gasteiger partial charge on any atom is 0.224 e. The van der Waals surface area contributed by atoms with Crippen LogP contribution in [0.2, 0.25) is 0 Å². The average Bonchev–Trinajstić information content (AvgIpc) is 2.87. The van der Waals surface area contributed by atoms with Crippen molar-refractivity contribution in [2.75, 3.05) is 13.1 Å². The van der Waals surface area contributed by atoms with Gasteiger partial charge in [0.2, 0.25) is 5.91 Å². The highest BCUT2D eigenvalue weighted by molar-refractivity contribution is 7.09. The van der Waals surface area contributed by atoms with Crippen molar-refractivity contribution >= 4 is 17.2 Å². The van der Waals surface area contributed by atoms with Crippen molar-refractivity contribution in [3.63, 3.8) is 0 Å². The number of amides is 1. The lowest BCUT2D eigenvalue weighted by Crippen LogP contribution is -2.31. The number of rotatable bonds is 3. The number of hydrogen-bond donors (Lipinski definition) is 2. The van der Waals surface area contributed by atoms with E-state index in [9.17, 15) is 4.79 Å². The summed E-state index contributed by atoms with van der Waals surface area (Å²) in [5, 5.41) is 8.95. The van der Waals surface area contributed by atoms with E-state index in [1.54, 1.807) is 17.5 Å². The third-order valence-corrected chi connectivity index (χ3v) is 3.11. The van der Waals surface area contributed by atoms with Gasteiger partial charge >= 0.3 is 0 Å². The summed E-state index contributed by atoms with van der Waals surface area (Å²) in [5.74, 6) is 0.292. The molecule has 76 valence electrons. The Morgan fingerprint density at radius 3 is 3.36 bits per heavy atom. The molecule has 1 atom stereocenters. The van der Waals surface area contributed by atoms with E-state index in [2.05, 4.69) is 15.6 Å². The van der Waals surface area contributed by atoms with E-state index in [1.165, 1.54) is 0 Å². The molecule has 4 nitrogen and oxygen atoms in total. The summed E-state index contributed by atoms with van der Waals surface area (Å²) >= 11 is 1.57. The Hall–Kier alpha value is -0.940. The van der Waals surface area contributed by atoms with Gasteiger partial charge in [-0.25, -0.2) is 4.98 Å². The van der Waals surface area contributed by atoms with Crippen molar-refractivity contribution in [3.05, 3.63) is 16.6 Å². The summed E-state index contributed by atoms with van der Waals surface area (Å²) in [4.78, 5) is 15.7. The van der Waals surface area contributed by atoms with Crippen molar-refractivity contribution in [2.24, 2.45) is 5.92 Å². The minimum absolute atomic E-state index is 0.144. The molecule has 0 aliphatic carbocycles. The fourth-order valence-corrected chi connectivity index (χ4v) is 2.08. The molecule has 1 amide bonds. The maximum atomic E-state index is 11.6. The Morgan fingerprint density at radius 2 is 2.71 bits per heavy atom. The molecule has 1 fully saturated rings. The van der Waals surface area contributed by atoms with Gasteiger partial charge in [0.1, 0.15) is 5.01 Å². The lowest BCUT2D eigenvalue weighted by molar-refractivity contribution is -0.124. The highest BCUT2D eigenvalue weighted by atomic mass is 32.1. The molecule has 0 saturated carbocycles. The van der Waals surface area contributed by atoms with Crippen molar-refractivity contribution < 1.29 is 4.79 Å². The Morgan fingerprint density at radius 1 is 1.79 bits per heavy atom. The highest BCUT2D eigenvalue weighted by Crippen LogP contribution is 2.08. The largest absolute Gasteiger partial charge is 0.349 e. The monoisotopic (exact) mass is 211 g/mol. The molecule has 1 saturated heterocycles. The molecule has 14 heavy (non-hydrogen) atoms. The molecule has 0 aromatic carbocycles. The van der Waals surface area contributed by atoms with Crippen LogP contribution >= 0.6 is 11.3 Å². The second-order valence-corrected chi connectivity index (χ2v) is 4.31. The summed E-state index contributed by atoms with van der Waals surface area (Å²) < 4.78 is 0. The Bertz CT molecular complexity index is 293. The van der Waals surface area contributed by atoms with Crippen LogP contribution in [-0.4, -0.2) is 24.0 Å². The number of hydrogen-bond acceptors (Lipinski definition) is 4. The highest BCUT2D eigenvalue weighted by Gasteiger charge is 2.21. The fourth-order valence-electron chi connectivity index (χ4n) is 1.53. The van der Waals surface area contributed by atoms with E-state index in [0.29, 0.717) is 6.54 Å². The molecule has 5 heteroatoms. The normalized spacial score (nSPS) is 21.0. The Labute approximate surface area is 86.7 Å². The van der Waals surface area contributed by atoms with E-state index in [4.69, 9.17) is 0 Å². The Balaban J connectivity index is 1.77. The predicted octanol–water partition coefficient (Wildman–Crippen LogP) is 0.369. The molecule has 1 aliphatic heterocycles. The van der Waals surface area contributed by atoms with Crippen LogP contribution in [0, 0.1) is 5.92 Å². The van der Waals surface area contributed by atoms with Gasteiger partial charge in [0.05, 0.1) is 12.5 Å². The molecule has 1 aliphatic rings. The molecule has 0 bridgehead atoms. The SMILES string of the molecule is O=C(NCc1nccs1)C1CCNC1. The van der Waals surface area contributed by atoms with Crippen LogP contribution in [0.15, 0.2) is 11.6 Å². The molecule has 2 N–H and O–H groups in total. The van der Waals surface area contributed by atoms with Gasteiger partial charge in [-0.3, -0.25) is 4.79 Å². The molecule has 2 rings (SSSR count). The number of aromatic nitrogens is 1. The zero-order valence-electron chi connectivity index (χ0n) is 7.82. The van der Waals surface area contributed by atoms with Gasteiger partial charge < -0.3 is 10.6 Å². The van der Waals surface area contributed by atoms with Crippen molar-refractivity contribution in [3.8, 4) is 0 Å². The first kappa shape index (κ1) is 9.61. The van der Waals surface area contributed by atoms with Crippen LogP contribution in [0.4, 0.5) is 0 Å². The van der Waals surface area contributed by atoms with Crippen LogP contribution in [-0.2, 0) is 11.3 Å². The molecular weight excluding hydrogens is 198 g/mol. The van der Waals surface area contributed by atoms with Crippen molar-refractivity contribution in [2.45, 2.75) is 13.0 Å². The minimum atomic E-state index is 0.144. The second kappa shape index (κ2) is 4.52. The standard InChI is InChI=1S/C9H13N3OS/c13-9(7-1-2-10-5-7)12-6-8-11-3-4-14-8/h3-4,7,10H,1-2,5-6H2,(H,12,13). The summed E-state index contributed by atoms with van der Waals surface area (Å²) in [6.07, 6.45) is 2.70. The third kappa shape index (κ3) is 2.30. The first-order valence-electron chi connectivity index (χ1n) is 4.73. The summed E-state index contributed by atoms with van der Waals surface area (Å²) in [5.41, 5.74) is 0. The molecule has 1 unspecified atom stereocenters. The van der Waals surface area contributed by atoms with E-state index in [-0.39, 0.29) is 11.8 Å². The number of nitrogens with zero attached hydrogens (tertiary/aromatic N) is 1. The van der Waals surface area contributed by atoms with Gasteiger partial charge in [0.25, 0.3) is 0 Å². The smallest absolute Gasteiger partial charge is 0.224 e. The van der Waals surface area contributed by atoms with Crippen molar-refractivity contribution in [1.82, 2.24) is 15.6 Å². The Kier molecular flexibility index (Phi) is 3.10. The van der Waals surface area contributed by atoms with Gasteiger partial charge in [-0.2, -0.15) is 0 Å². The zero-order chi connectivity index (χ0) is 9.80. The van der Waals surface area contributed by atoms with E-state index >= 15 is 0 Å². The van der Waals surface area contributed by atoms with Gasteiger partial charge in [-0.15, -0.1) is 11.3 Å². The van der Waals surface area contributed by atoms with Crippen LogP contribution in [0.25, 0.3) is 0 Å². The maximum absolute atomic E-state index is 11.6. The van der Waals surface area contributed by atoms with Gasteiger partial charge in [0.15, 0.2) is 0 Å². The molecular formula is C9H13N3OS. The molecule has 0 radical (unpaired) electrons. The van der Waals surface area contributed by atoms with Gasteiger partial charge in [-0.05, 0) is 13.0 Å². The summed E-state index contributed by atoms with van der Waals surface area (Å²) in [7, 11) is 0. The number of carbonyl (C=O) groups excluding carboxylic acids is 1. The third-order valence-electron chi connectivity index (χ3n) is 2.33. The van der Waals surface area contributed by atoms with E-state index in [1.807, 2.05) is 5.38 Å². The predicted molar refractivity (Wildman–Crippen MR) is 54.9 cm³/mol. The quantitative estimate of drug-likeness (QED) is 0.759. The van der Waals surface area contributed by atoms with Crippen LogP contribution in [0.1, 0.15) is 11.4 Å². The molecule has 1 aromatic heterocycles. The lowest BCUT2D eigenvalue weighted by Gasteiger charge is -2.07. The average molecular weight is 211 g/mol. The fraction of sp³-hybridized carbons (Fsp3) is 0.556. The lowest BCUT2D eigenvalue weighted by atomic mass is 10.1. The molecule has 1 aromatic rings. The van der Waals surface area contributed by atoms with E-state index < -0.39 is 0 Å². The molecule has 0 spiro atoms. The first-order chi connectivity index (χ1) is 6.86. The van der Waals surface area contributed by atoms with Gasteiger partial charge in [0, 0.05) is 18.1 Å². The van der Waals surface area contributed by atoms with Gasteiger partial charge in [-0.1, -0.05) is 0 Å². The number of carbonyl (C=O) groups is 1. The first-order valence-corrected chi connectivity index (χ1v) is 5.61. The van der Waals surface area contributed by atoms with Crippen molar-refractivity contribution in [1.29, 1.82) is 0 Å². The summed E-state index contributed by atoms with van der Waals surface area (Å²) in [6.45, 7) is 2.33. The van der Waals surface area contributed by atoms with Crippen LogP contribution in [0.3, 0.4) is 0 Å². The second-order valence-electron chi connectivity index (χ2n) is 3.33. The van der Waals surface area contributed by atoms with Crippen LogP contribution in [0.5, 0.6) is 0 Å². The zero-order valence-corrected chi connectivity index (χ0v) is 8.64. The molecule has 2 heterocycles. The van der Waals surface area contributed by atoms with Crippen LogP contribution < -0.4 is 10.6 Å². The number of thiazole rings is 1.